The van der Waals surface area contributed by atoms with Gasteiger partial charge >= 0.3 is 0 Å². The van der Waals surface area contributed by atoms with Crippen LogP contribution in [0.2, 0.25) is 0 Å². The van der Waals surface area contributed by atoms with Crippen LogP contribution in [-0.4, -0.2) is 19.1 Å². The summed E-state index contributed by atoms with van der Waals surface area (Å²) in [4.78, 5) is 0. The molecule has 3 rings (SSSR count). The normalized spacial score (nSPS) is 21.2. The van der Waals surface area contributed by atoms with E-state index in [1.54, 1.807) is 13.0 Å². The van der Waals surface area contributed by atoms with Crippen molar-refractivity contribution in [2.24, 2.45) is 0 Å². The van der Waals surface area contributed by atoms with E-state index in [4.69, 9.17) is 0 Å². The van der Waals surface area contributed by atoms with Crippen LogP contribution in [0, 0.1) is 18.6 Å². The summed E-state index contributed by atoms with van der Waals surface area (Å²) in [6, 6.07) is 12.9. The Morgan fingerprint density at radius 2 is 1.86 bits per heavy atom. The number of halogens is 2. The van der Waals surface area contributed by atoms with Gasteiger partial charge < -0.3 is 10.6 Å². The molecule has 2 aromatic rings. The van der Waals surface area contributed by atoms with E-state index in [1.165, 1.54) is 5.56 Å². The number of aryl methyl sites for hydroxylation is 1. The van der Waals surface area contributed by atoms with E-state index in [1.807, 2.05) is 18.2 Å². The molecule has 2 unspecified atom stereocenters. The SMILES string of the molecule is Cc1cc(C2CNCC2NCc2ccccc2)c(F)cc1F. The zero-order valence-electron chi connectivity index (χ0n) is 12.6. The second kappa shape index (κ2) is 6.55. The number of nitrogens with one attached hydrogen (secondary N) is 2. The van der Waals surface area contributed by atoms with Crippen LogP contribution in [0.5, 0.6) is 0 Å². The summed E-state index contributed by atoms with van der Waals surface area (Å²) in [5.74, 6) is -0.924. The van der Waals surface area contributed by atoms with Crippen LogP contribution in [0.1, 0.15) is 22.6 Å². The number of rotatable bonds is 4. The van der Waals surface area contributed by atoms with Gasteiger partial charge in [-0.15, -0.1) is 0 Å². The topological polar surface area (TPSA) is 24.1 Å². The predicted molar refractivity (Wildman–Crippen MR) is 83.8 cm³/mol. The first-order chi connectivity index (χ1) is 10.6. The van der Waals surface area contributed by atoms with E-state index in [-0.39, 0.29) is 12.0 Å². The molecule has 0 aliphatic carbocycles. The first-order valence-electron chi connectivity index (χ1n) is 7.58. The van der Waals surface area contributed by atoms with Crippen molar-refractivity contribution in [3.63, 3.8) is 0 Å². The lowest BCUT2D eigenvalue weighted by atomic mass is 9.92. The maximum atomic E-state index is 14.1. The highest BCUT2D eigenvalue weighted by Gasteiger charge is 2.30. The van der Waals surface area contributed by atoms with Crippen molar-refractivity contribution in [1.82, 2.24) is 10.6 Å². The number of hydrogen-bond acceptors (Lipinski definition) is 2. The molecule has 2 N–H and O–H groups in total. The van der Waals surface area contributed by atoms with Gasteiger partial charge in [0.2, 0.25) is 0 Å². The van der Waals surface area contributed by atoms with Crippen LogP contribution < -0.4 is 10.6 Å². The molecule has 2 aromatic carbocycles. The lowest BCUT2D eigenvalue weighted by Crippen LogP contribution is -2.34. The highest BCUT2D eigenvalue weighted by atomic mass is 19.1. The second-order valence-electron chi connectivity index (χ2n) is 5.86. The van der Waals surface area contributed by atoms with E-state index in [0.717, 1.165) is 19.2 Å². The first kappa shape index (κ1) is 15.1. The van der Waals surface area contributed by atoms with Crippen molar-refractivity contribution in [2.45, 2.75) is 25.4 Å². The average molecular weight is 302 g/mol. The fraction of sp³-hybridized carbons (Fsp3) is 0.333. The molecule has 22 heavy (non-hydrogen) atoms. The molecular weight excluding hydrogens is 282 g/mol. The lowest BCUT2D eigenvalue weighted by molar-refractivity contribution is 0.481. The third-order valence-corrected chi connectivity index (χ3v) is 4.30. The summed E-state index contributed by atoms with van der Waals surface area (Å²) in [6.07, 6.45) is 0. The Hall–Kier alpha value is -1.78. The highest BCUT2D eigenvalue weighted by molar-refractivity contribution is 5.31. The van der Waals surface area contributed by atoms with E-state index in [0.29, 0.717) is 17.7 Å². The van der Waals surface area contributed by atoms with Gasteiger partial charge in [-0.05, 0) is 29.7 Å². The number of benzene rings is 2. The van der Waals surface area contributed by atoms with Crippen LogP contribution in [0.25, 0.3) is 0 Å². The maximum Gasteiger partial charge on any atom is 0.129 e. The fourth-order valence-electron chi connectivity index (χ4n) is 3.03. The second-order valence-corrected chi connectivity index (χ2v) is 5.86. The molecule has 1 aliphatic rings. The lowest BCUT2D eigenvalue weighted by Gasteiger charge is -2.21. The molecule has 0 saturated carbocycles. The Balaban J connectivity index is 1.74. The van der Waals surface area contributed by atoms with Gasteiger partial charge in [0.15, 0.2) is 0 Å². The Bertz CT molecular complexity index is 643. The van der Waals surface area contributed by atoms with E-state index in [2.05, 4.69) is 22.8 Å². The minimum Gasteiger partial charge on any atom is -0.314 e. The molecule has 2 nitrogen and oxygen atoms in total. The summed E-state index contributed by atoms with van der Waals surface area (Å²) in [7, 11) is 0. The Kier molecular flexibility index (Phi) is 4.50. The number of hydrogen-bond donors (Lipinski definition) is 2. The molecule has 0 amide bonds. The summed E-state index contributed by atoms with van der Waals surface area (Å²) in [5, 5.41) is 6.78. The zero-order valence-corrected chi connectivity index (χ0v) is 12.6. The minimum atomic E-state index is -0.485. The molecule has 0 bridgehead atoms. The van der Waals surface area contributed by atoms with Gasteiger partial charge in [0.05, 0.1) is 0 Å². The standard InChI is InChI=1S/C18H20F2N2/c1-12-7-14(17(20)8-16(12)19)15-10-21-11-18(15)22-9-13-5-3-2-4-6-13/h2-8,15,18,21-22H,9-11H2,1H3. The van der Waals surface area contributed by atoms with Crippen molar-refractivity contribution in [3.8, 4) is 0 Å². The third kappa shape index (κ3) is 3.18. The van der Waals surface area contributed by atoms with Crippen LogP contribution in [-0.2, 0) is 6.54 Å². The summed E-state index contributed by atoms with van der Waals surface area (Å²) in [5.41, 5.74) is 2.28. The third-order valence-electron chi connectivity index (χ3n) is 4.30. The Morgan fingerprint density at radius 3 is 2.64 bits per heavy atom. The van der Waals surface area contributed by atoms with Gasteiger partial charge in [0.25, 0.3) is 0 Å². The molecule has 116 valence electrons. The van der Waals surface area contributed by atoms with Gasteiger partial charge in [0.1, 0.15) is 11.6 Å². The van der Waals surface area contributed by atoms with Crippen LogP contribution in [0.15, 0.2) is 42.5 Å². The molecule has 2 atom stereocenters. The summed E-state index contributed by atoms with van der Waals surface area (Å²) in [6.45, 7) is 3.90. The van der Waals surface area contributed by atoms with Crippen molar-refractivity contribution in [2.75, 3.05) is 13.1 Å². The van der Waals surface area contributed by atoms with Gasteiger partial charge in [-0.1, -0.05) is 30.3 Å². The summed E-state index contributed by atoms with van der Waals surface area (Å²) < 4.78 is 27.6. The molecule has 1 aliphatic heterocycles. The average Bonchev–Trinajstić information content (AvgIpc) is 2.98. The van der Waals surface area contributed by atoms with Crippen molar-refractivity contribution < 1.29 is 8.78 Å². The smallest absolute Gasteiger partial charge is 0.129 e. The largest absolute Gasteiger partial charge is 0.314 e. The molecule has 1 saturated heterocycles. The molecule has 4 heteroatoms. The van der Waals surface area contributed by atoms with E-state index < -0.39 is 11.6 Å². The Morgan fingerprint density at radius 1 is 1.09 bits per heavy atom. The molecule has 1 heterocycles. The van der Waals surface area contributed by atoms with Crippen LogP contribution in [0.3, 0.4) is 0 Å². The molecule has 0 aromatic heterocycles. The monoisotopic (exact) mass is 302 g/mol. The Labute approximate surface area is 129 Å². The van der Waals surface area contributed by atoms with Gasteiger partial charge in [0, 0.05) is 37.7 Å². The van der Waals surface area contributed by atoms with Crippen LogP contribution >= 0.6 is 0 Å². The predicted octanol–water partition coefficient (Wildman–Crippen LogP) is 3.12. The summed E-state index contributed by atoms with van der Waals surface area (Å²) >= 11 is 0. The van der Waals surface area contributed by atoms with Crippen molar-refractivity contribution in [1.29, 1.82) is 0 Å². The fourth-order valence-corrected chi connectivity index (χ4v) is 3.03. The maximum absolute atomic E-state index is 14.1. The minimum absolute atomic E-state index is 0.0167. The van der Waals surface area contributed by atoms with E-state index >= 15 is 0 Å². The van der Waals surface area contributed by atoms with Gasteiger partial charge in [-0.3, -0.25) is 0 Å². The molecule has 0 spiro atoms. The quantitative estimate of drug-likeness (QED) is 0.907. The van der Waals surface area contributed by atoms with Gasteiger partial charge in [-0.2, -0.15) is 0 Å². The van der Waals surface area contributed by atoms with Gasteiger partial charge in [-0.25, -0.2) is 8.78 Å². The van der Waals surface area contributed by atoms with E-state index in [9.17, 15) is 8.78 Å². The van der Waals surface area contributed by atoms with Crippen molar-refractivity contribution >= 4 is 0 Å². The first-order valence-corrected chi connectivity index (χ1v) is 7.58. The molecule has 0 radical (unpaired) electrons. The van der Waals surface area contributed by atoms with Crippen LogP contribution in [0.4, 0.5) is 8.78 Å². The molecule has 1 fully saturated rings. The van der Waals surface area contributed by atoms with Crippen molar-refractivity contribution in [3.05, 3.63) is 70.8 Å². The highest BCUT2D eigenvalue weighted by Crippen LogP contribution is 2.27. The zero-order chi connectivity index (χ0) is 15.5. The molecular formula is C18H20F2N2.